The third-order valence-corrected chi connectivity index (χ3v) is 5.45. The van der Waals surface area contributed by atoms with Crippen molar-refractivity contribution in [3.63, 3.8) is 0 Å². The molecular formula is C19H26N2O2. The Kier molecular flexibility index (Phi) is 4.17. The molecule has 1 aromatic rings. The number of hydrogen-bond donors (Lipinski definition) is 1. The monoisotopic (exact) mass is 314 g/mol. The van der Waals surface area contributed by atoms with Crippen LogP contribution in [0.1, 0.15) is 62.4 Å². The molecule has 0 radical (unpaired) electrons. The summed E-state index contributed by atoms with van der Waals surface area (Å²) < 4.78 is 0. The van der Waals surface area contributed by atoms with Crippen molar-refractivity contribution in [2.45, 2.75) is 52.5 Å². The van der Waals surface area contributed by atoms with Crippen LogP contribution in [0, 0.1) is 11.8 Å². The highest BCUT2D eigenvalue weighted by Crippen LogP contribution is 2.49. The molecule has 1 saturated carbocycles. The summed E-state index contributed by atoms with van der Waals surface area (Å²) in [5, 5.41) is 2.85. The van der Waals surface area contributed by atoms with Crippen LogP contribution in [0.2, 0.25) is 0 Å². The number of rotatable bonds is 3. The molecule has 0 aromatic heterocycles. The minimum Gasteiger partial charge on any atom is -0.352 e. The van der Waals surface area contributed by atoms with Gasteiger partial charge in [-0.15, -0.1) is 0 Å². The van der Waals surface area contributed by atoms with E-state index < -0.39 is 0 Å². The van der Waals surface area contributed by atoms with E-state index in [2.05, 4.69) is 19.2 Å². The van der Waals surface area contributed by atoms with E-state index in [4.69, 9.17) is 0 Å². The van der Waals surface area contributed by atoms with E-state index in [1.54, 1.807) is 6.92 Å². The summed E-state index contributed by atoms with van der Waals surface area (Å²) in [6.07, 6.45) is 2.44. The van der Waals surface area contributed by atoms with Crippen LogP contribution in [-0.4, -0.2) is 24.4 Å². The number of benzene rings is 1. The van der Waals surface area contributed by atoms with Gasteiger partial charge in [0.2, 0.25) is 5.91 Å². The summed E-state index contributed by atoms with van der Waals surface area (Å²) in [6.45, 7) is 8.65. The first-order valence-corrected chi connectivity index (χ1v) is 8.67. The molecule has 1 heterocycles. The fourth-order valence-corrected chi connectivity index (χ4v) is 3.97. The topological polar surface area (TPSA) is 49.4 Å². The van der Waals surface area contributed by atoms with Gasteiger partial charge in [-0.2, -0.15) is 0 Å². The van der Waals surface area contributed by atoms with Crippen molar-refractivity contribution in [1.82, 2.24) is 5.32 Å². The normalized spacial score (nSPS) is 26.6. The SMILES string of the molecule is CCNC(=O)c1ccc2c(c1)[C@H](C)[C@@H](C)[C@H](C1CC1)N2C(C)=O. The molecule has 1 fully saturated rings. The second-order valence-electron chi connectivity index (χ2n) is 7.00. The Morgan fingerprint density at radius 1 is 1.26 bits per heavy atom. The predicted molar refractivity (Wildman–Crippen MR) is 91.7 cm³/mol. The number of hydrogen-bond acceptors (Lipinski definition) is 2. The van der Waals surface area contributed by atoms with Crippen LogP contribution >= 0.6 is 0 Å². The first-order valence-electron chi connectivity index (χ1n) is 8.67. The molecule has 4 nitrogen and oxygen atoms in total. The average Bonchev–Trinajstić information content (AvgIpc) is 3.34. The lowest BCUT2D eigenvalue weighted by Crippen LogP contribution is -2.49. The second-order valence-corrected chi connectivity index (χ2v) is 7.00. The highest BCUT2D eigenvalue weighted by atomic mass is 16.2. The van der Waals surface area contributed by atoms with Crippen molar-refractivity contribution >= 4 is 17.5 Å². The van der Waals surface area contributed by atoms with Gasteiger partial charge in [-0.1, -0.05) is 13.8 Å². The molecule has 1 aliphatic carbocycles. The van der Waals surface area contributed by atoms with E-state index in [1.807, 2.05) is 30.0 Å². The zero-order chi connectivity index (χ0) is 16.7. The average molecular weight is 314 g/mol. The van der Waals surface area contributed by atoms with E-state index in [9.17, 15) is 9.59 Å². The molecule has 2 aliphatic rings. The van der Waals surface area contributed by atoms with Gasteiger partial charge < -0.3 is 10.2 Å². The molecule has 2 amide bonds. The van der Waals surface area contributed by atoms with Crippen LogP contribution in [0.4, 0.5) is 5.69 Å². The standard InChI is InChI=1S/C19H26N2O2/c1-5-20-19(23)15-8-9-17-16(10-15)11(2)12(3)18(14-6-7-14)21(17)13(4)22/h8-12,14,18H,5-7H2,1-4H3,(H,20,23)/t11-,12-,18-/m1/s1. The molecule has 1 aromatic carbocycles. The Morgan fingerprint density at radius 3 is 2.52 bits per heavy atom. The number of nitrogens with one attached hydrogen (secondary N) is 1. The summed E-state index contributed by atoms with van der Waals surface area (Å²) in [4.78, 5) is 26.4. The molecule has 3 rings (SSSR count). The van der Waals surface area contributed by atoms with Gasteiger partial charge in [0.15, 0.2) is 0 Å². The van der Waals surface area contributed by atoms with Gasteiger partial charge in [0.05, 0.1) is 0 Å². The van der Waals surface area contributed by atoms with Crippen LogP contribution in [0.3, 0.4) is 0 Å². The maximum absolute atomic E-state index is 12.3. The maximum Gasteiger partial charge on any atom is 0.251 e. The molecule has 1 aliphatic heterocycles. The largest absolute Gasteiger partial charge is 0.352 e. The molecule has 1 N–H and O–H groups in total. The smallest absolute Gasteiger partial charge is 0.251 e. The summed E-state index contributed by atoms with van der Waals surface area (Å²) in [7, 11) is 0. The van der Waals surface area contributed by atoms with E-state index >= 15 is 0 Å². The van der Waals surface area contributed by atoms with E-state index in [1.165, 1.54) is 12.8 Å². The molecule has 124 valence electrons. The molecule has 23 heavy (non-hydrogen) atoms. The number of fused-ring (bicyclic) bond motifs is 1. The van der Waals surface area contributed by atoms with Gasteiger partial charge >= 0.3 is 0 Å². The molecular weight excluding hydrogens is 288 g/mol. The summed E-state index contributed by atoms with van der Waals surface area (Å²) in [6, 6.07) is 6.07. The summed E-state index contributed by atoms with van der Waals surface area (Å²) in [5.41, 5.74) is 2.79. The van der Waals surface area contributed by atoms with Crippen LogP contribution in [0.5, 0.6) is 0 Å². The van der Waals surface area contributed by atoms with E-state index in [0.29, 0.717) is 35.9 Å². The van der Waals surface area contributed by atoms with Crippen molar-refractivity contribution in [2.24, 2.45) is 11.8 Å². The fourth-order valence-electron chi connectivity index (χ4n) is 3.97. The van der Waals surface area contributed by atoms with Gasteiger partial charge in [-0.3, -0.25) is 9.59 Å². The molecule has 3 atom stereocenters. The van der Waals surface area contributed by atoms with Crippen LogP contribution in [-0.2, 0) is 4.79 Å². The Morgan fingerprint density at radius 2 is 1.96 bits per heavy atom. The number of nitrogens with zero attached hydrogens (tertiary/aromatic N) is 1. The van der Waals surface area contributed by atoms with Gasteiger partial charge in [-0.25, -0.2) is 0 Å². The number of carbonyl (C=O) groups excluding carboxylic acids is 2. The van der Waals surface area contributed by atoms with E-state index in [-0.39, 0.29) is 11.8 Å². The number of carbonyl (C=O) groups is 2. The van der Waals surface area contributed by atoms with Crippen molar-refractivity contribution in [1.29, 1.82) is 0 Å². The summed E-state index contributed by atoms with van der Waals surface area (Å²) >= 11 is 0. The lowest BCUT2D eigenvalue weighted by Gasteiger charge is -2.44. The molecule has 0 bridgehead atoms. The Hall–Kier alpha value is -1.84. The van der Waals surface area contributed by atoms with Gasteiger partial charge in [0.1, 0.15) is 0 Å². The lowest BCUT2D eigenvalue weighted by atomic mass is 9.76. The molecule has 0 unspecified atom stereocenters. The van der Waals surface area contributed by atoms with Crippen molar-refractivity contribution in [2.75, 3.05) is 11.4 Å². The van der Waals surface area contributed by atoms with Crippen molar-refractivity contribution in [3.8, 4) is 0 Å². The van der Waals surface area contributed by atoms with Crippen molar-refractivity contribution in [3.05, 3.63) is 29.3 Å². The van der Waals surface area contributed by atoms with Gasteiger partial charge in [0, 0.05) is 30.8 Å². The maximum atomic E-state index is 12.3. The first kappa shape index (κ1) is 16.0. The van der Waals surface area contributed by atoms with Crippen LogP contribution in [0.25, 0.3) is 0 Å². The third-order valence-electron chi connectivity index (χ3n) is 5.45. The minimum absolute atomic E-state index is 0.0474. The highest BCUT2D eigenvalue weighted by molar-refractivity contribution is 5.97. The Labute approximate surface area is 138 Å². The van der Waals surface area contributed by atoms with Crippen molar-refractivity contribution < 1.29 is 9.59 Å². The zero-order valence-corrected chi connectivity index (χ0v) is 14.4. The highest BCUT2D eigenvalue weighted by Gasteiger charge is 2.46. The zero-order valence-electron chi connectivity index (χ0n) is 14.4. The predicted octanol–water partition coefficient (Wildman–Crippen LogP) is 3.32. The number of amides is 2. The van der Waals surface area contributed by atoms with Gasteiger partial charge in [-0.05, 0) is 61.3 Å². The Balaban J connectivity index is 2.05. The molecule has 0 saturated heterocycles. The van der Waals surface area contributed by atoms with Gasteiger partial charge in [0.25, 0.3) is 5.91 Å². The molecule has 0 spiro atoms. The first-order chi connectivity index (χ1) is 11.0. The Bertz CT molecular complexity index is 636. The lowest BCUT2D eigenvalue weighted by molar-refractivity contribution is -0.117. The minimum atomic E-state index is -0.0474. The number of anilines is 1. The summed E-state index contributed by atoms with van der Waals surface area (Å²) in [5.74, 6) is 1.44. The fraction of sp³-hybridized carbons (Fsp3) is 0.579. The third kappa shape index (κ3) is 2.75. The second kappa shape index (κ2) is 5.99. The van der Waals surface area contributed by atoms with E-state index in [0.717, 1.165) is 11.3 Å². The van der Waals surface area contributed by atoms with Crippen LogP contribution in [0.15, 0.2) is 18.2 Å². The molecule has 4 heteroatoms. The quantitative estimate of drug-likeness (QED) is 0.930. The van der Waals surface area contributed by atoms with Crippen LogP contribution < -0.4 is 10.2 Å².